The van der Waals surface area contributed by atoms with E-state index in [2.05, 4.69) is 22.4 Å². The van der Waals surface area contributed by atoms with Crippen LogP contribution in [0, 0.1) is 5.92 Å². The molecule has 2 heterocycles. The van der Waals surface area contributed by atoms with Gasteiger partial charge < -0.3 is 9.84 Å². The number of rotatable bonds is 2. The number of nitrogens with zero attached hydrogens (tertiary/aromatic N) is 2. The van der Waals surface area contributed by atoms with Gasteiger partial charge in [0, 0.05) is 5.92 Å². The first-order chi connectivity index (χ1) is 8.83. The summed E-state index contributed by atoms with van der Waals surface area (Å²) in [7, 11) is 0. The van der Waals surface area contributed by atoms with E-state index in [1.54, 1.807) is 0 Å². The van der Waals surface area contributed by atoms with Crippen molar-refractivity contribution in [2.75, 3.05) is 6.54 Å². The Morgan fingerprint density at radius 3 is 2.89 bits per heavy atom. The van der Waals surface area contributed by atoms with Gasteiger partial charge in [0.05, 0.1) is 6.04 Å². The van der Waals surface area contributed by atoms with Crippen LogP contribution < -0.4 is 5.32 Å². The van der Waals surface area contributed by atoms with Gasteiger partial charge >= 0.3 is 0 Å². The summed E-state index contributed by atoms with van der Waals surface area (Å²) < 4.78 is 5.47. The summed E-state index contributed by atoms with van der Waals surface area (Å²) in [5.74, 6) is 3.08. The zero-order valence-electron chi connectivity index (χ0n) is 11.2. The molecule has 2 aliphatic rings. The third kappa shape index (κ3) is 2.58. The SMILES string of the molecule is CC1CCCC(c2noc([C@H]3CCCCN3)n2)C1. The van der Waals surface area contributed by atoms with Crippen LogP contribution in [0.15, 0.2) is 4.52 Å². The molecule has 100 valence electrons. The van der Waals surface area contributed by atoms with Crippen LogP contribution in [0.25, 0.3) is 0 Å². The average molecular weight is 249 g/mol. The highest BCUT2D eigenvalue weighted by Gasteiger charge is 2.27. The molecule has 1 aromatic heterocycles. The molecule has 4 heteroatoms. The smallest absolute Gasteiger partial charge is 0.243 e. The molecule has 2 fully saturated rings. The van der Waals surface area contributed by atoms with E-state index in [9.17, 15) is 0 Å². The van der Waals surface area contributed by atoms with Crippen LogP contribution in [-0.4, -0.2) is 16.7 Å². The van der Waals surface area contributed by atoms with Crippen LogP contribution in [0.2, 0.25) is 0 Å². The minimum absolute atomic E-state index is 0.293. The van der Waals surface area contributed by atoms with Crippen LogP contribution in [0.5, 0.6) is 0 Å². The fourth-order valence-corrected chi connectivity index (χ4v) is 3.29. The van der Waals surface area contributed by atoms with Gasteiger partial charge in [-0.15, -0.1) is 0 Å². The summed E-state index contributed by atoms with van der Waals surface area (Å²) in [6, 6.07) is 0.293. The molecule has 1 saturated heterocycles. The fourth-order valence-electron chi connectivity index (χ4n) is 3.29. The van der Waals surface area contributed by atoms with E-state index >= 15 is 0 Å². The van der Waals surface area contributed by atoms with Crippen molar-refractivity contribution in [3.63, 3.8) is 0 Å². The summed E-state index contributed by atoms with van der Waals surface area (Å²) in [6.07, 6.45) is 8.75. The zero-order chi connectivity index (χ0) is 12.4. The van der Waals surface area contributed by atoms with Crippen LogP contribution in [0.3, 0.4) is 0 Å². The average Bonchev–Trinajstić information content (AvgIpc) is 2.89. The van der Waals surface area contributed by atoms with Gasteiger partial charge in [-0.05, 0) is 38.1 Å². The topological polar surface area (TPSA) is 51.0 Å². The molecule has 18 heavy (non-hydrogen) atoms. The van der Waals surface area contributed by atoms with Crippen LogP contribution in [-0.2, 0) is 0 Å². The normalized spacial score (nSPS) is 33.5. The van der Waals surface area contributed by atoms with Gasteiger partial charge in [-0.1, -0.05) is 31.3 Å². The van der Waals surface area contributed by atoms with Crippen LogP contribution >= 0.6 is 0 Å². The summed E-state index contributed by atoms with van der Waals surface area (Å²) in [5.41, 5.74) is 0. The quantitative estimate of drug-likeness (QED) is 0.874. The van der Waals surface area contributed by atoms with E-state index in [1.807, 2.05) is 0 Å². The Morgan fingerprint density at radius 1 is 1.17 bits per heavy atom. The van der Waals surface area contributed by atoms with Gasteiger partial charge in [-0.25, -0.2) is 0 Å². The van der Waals surface area contributed by atoms with Crippen molar-refractivity contribution in [3.05, 3.63) is 11.7 Å². The van der Waals surface area contributed by atoms with Gasteiger partial charge in [-0.3, -0.25) is 0 Å². The van der Waals surface area contributed by atoms with Crippen molar-refractivity contribution in [1.29, 1.82) is 0 Å². The molecule has 3 rings (SSSR count). The maximum atomic E-state index is 5.47. The van der Waals surface area contributed by atoms with Gasteiger partial charge in [0.2, 0.25) is 5.89 Å². The van der Waals surface area contributed by atoms with Gasteiger partial charge in [-0.2, -0.15) is 4.98 Å². The van der Waals surface area contributed by atoms with Gasteiger partial charge in [0.25, 0.3) is 0 Å². The number of nitrogens with one attached hydrogen (secondary N) is 1. The van der Waals surface area contributed by atoms with Crippen LogP contribution in [0.1, 0.15) is 75.5 Å². The van der Waals surface area contributed by atoms with E-state index in [0.29, 0.717) is 12.0 Å². The summed E-state index contributed by atoms with van der Waals surface area (Å²) in [6.45, 7) is 3.40. The third-order valence-electron chi connectivity index (χ3n) is 4.37. The minimum atomic E-state index is 0.293. The van der Waals surface area contributed by atoms with Crippen molar-refractivity contribution < 1.29 is 4.52 Å². The Bertz CT molecular complexity index is 384. The number of aromatic nitrogens is 2. The summed E-state index contributed by atoms with van der Waals surface area (Å²) in [4.78, 5) is 4.65. The maximum absolute atomic E-state index is 5.47. The standard InChI is InChI=1S/C14H23N3O/c1-10-5-4-6-11(9-10)13-16-14(18-17-13)12-7-2-3-8-15-12/h10-12,15H,2-9H2,1H3/t10?,11?,12-/m1/s1. The Morgan fingerprint density at radius 2 is 2.11 bits per heavy atom. The maximum Gasteiger partial charge on any atom is 0.243 e. The van der Waals surface area contributed by atoms with Crippen molar-refractivity contribution in [1.82, 2.24) is 15.5 Å². The Labute approximate surface area is 109 Å². The molecule has 0 bridgehead atoms. The predicted octanol–water partition coefficient (Wildman–Crippen LogP) is 3.18. The lowest BCUT2D eigenvalue weighted by molar-refractivity contribution is 0.289. The number of hydrogen-bond acceptors (Lipinski definition) is 4. The second kappa shape index (κ2) is 5.39. The largest absolute Gasteiger partial charge is 0.338 e. The Balaban J connectivity index is 1.68. The molecule has 1 saturated carbocycles. The highest BCUT2D eigenvalue weighted by Crippen LogP contribution is 2.35. The zero-order valence-corrected chi connectivity index (χ0v) is 11.2. The molecular formula is C14H23N3O. The summed E-state index contributed by atoms with van der Waals surface area (Å²) in [5, 5.41) is 7.69. The molecule has 2 unspecified atom stereocenters. The molecular weight excluding hydrogens is 226 g/mol. The second-order valence-electron chi connectivity index (χ2n) is 5.96. The molecule has 0 radical (unpaired) electrons. The highest BCUT2D eigenvalue weighted by molar-refractivity contribution is 5.01. The molecule has 3 atom stereocenters. The molecule has 1 aliphatic heterocycles. The number of hydrogen-bond donors (Lipinski definition) is 1. The fraction of sp³-hybridized carbons (Fsp3) is 0.857. The van der Waals surface area contributed by atoms with E-state index in [1.165, 1.54) is 38.5 Å². The van der Waals surface area contributed by atoms with Gasteiger partial charge in [0.1, 0.15) is 0 Å². The molecule has 0 amide bonds. The molecule has 1 aliphatic carbocycles. The van der Waals surface area contributed by atoms with Gasteiger partial charge in [0.15, 0.2) is 5.82 Å². The van der Waals surface area contributed by atoms with E-state index < -0.39 is 0 Å². The van der Waals surface area contributed by atoms with Crippen molar-refractivity contribution in [2.45, 2.75) is 63.8 Å². The first kappa shape index (κ1) is 12.2. The minimum Gasteiger partial charge on any atom is -0.338 e. The van der Waals surface area contributed by atoms with Crippen LogP contribution in [0.4, 0.5) is 0 Å². The Kier molecular flexibility index (Phi) is 3.64. The second-order valence-corrected chi connectivity index (χ2v) is 5.96. The van der Waals surface area contributed by atoms with E-state index in [-0.39, 0.29) is 0 Å². The highest BCUT2D eigenvalue weighted by atomic mass is 16.5. The van der Waals surface area contributed by atoms with E-state index in [0.717, 1.165) is 30.6 Å². The first-order valence-electron chi connectivity index (χ1n) is 7.40. The van der Waals surface area contributed by atoms with Crippen molar-refractivity contribution in [2.24, 2.45) is 5.92 Å². The molecule has 4 nitrogen and oxygen atoms in total. The molecule has 1 N–H and O–H groups in total. The first-order valence-corrected chi connectivity index (χ1v) is 7.40. The Hall–Kier alpha value is -0.900. The number of piperidine rings is 1. The predicted molar refractivity (Wildman–Crippen MR) is 69.3 cm³/mol. The van der Waals surface area contributed by atoms with Crippen molar-refractivity contribution >= 4 is 0 Å². The lowest BCUT2D eigenvalue weighted by atomic mass is 9.82. The molecule has 0 spiro atoms. The lowest BCUT2D eigenvalue weighted by Crippen LogP contribution is -2.27. The third-order valence-corrected chi connectivity index (χ3v) is 4.37. The molecule has 0 aromatic carbocycles. The summed E-state index contributed by atoms with van der Waals surface area (Å²) >= 11 is 0. The molecule has 1 aromatic rings. The van der Waals surface area contributed by atoms with Crippen molar-refractivity contribution in [3.8, 4) is 0 Å². The lowest BCUT2D eigenvalue weighted by Gasteiger charge is -2.24. The van der Waals surface area contributed by atoms with E-state index in [4.69, 9.17) is 4.52 Å². The monoisotopic (exact) mass is 249 g/mol.